The second-order valence-corrected chi connectivity index (χ2v) is 10.8. The fourth-order valence-corrected chi connectivity index (χ4v) is 5.83. The van der Waals surface area contributed by atoms with Gasteiger partial charge in [0.25, 0.3) is 0 Å². The molecule has 1 atom stereocenters. The molecule has 0 spiro atoms. The minimum Gasteiger partial charge on any atom is -0.454 e. The number of hydrogen-bond acceptors (Lipinski definition) is 6. The first-order valence-electron chi connectivity index (χ1n) is 13.0. The standard InChI is InChI=1S/C27H35N3O5S/c31-26(18-30(16-22-8-4-12-33-22)27(32)28-21-6-2-1-3-7-21)29(17-23-9-5-13-36-23)15-20-10-11-24-25(14-20)35-19-34-24/h5,9-11,13-14,21-22H,1-4,6-8,12,15-19H2,(H,28,32). The van der Waals surface area contributed by atoms with E-state index in [1.807, 2.05) is 40.6 Å². The Hall–Kier alpha value is -2.78. The molecular formula is C27H35N3O5S. The van der Waals surface area contributed by atoms with Gasteiger partial charge in [-0.15, -0.1) is 11.3 Å². The van der Waals surface area contributed by atoms with Crippen LogP contribution in [-0.4, -0.2) is 60.4 Å². The van der Waals surface area contributed by atoms with Crippen molar-refractivity contribution in [3.05, 3.63) is 46.2 Å². The van der Waals surface area contributed by atoms with Crippen molar-refractivity contribution >= 4 is 23.3 Å². The highest BCUT2D eigenvalue weighted by molar-refractivity contribution is 7.09. The molecule has 0 bridgehead atoms. The van der Waals surface area contributed by atoms with E-state index in [1.165, 1.54) is 6.42 Å². The van der Waals surface area contributed by atoms with Crippen molar-refractivity contribution in [3.63, 3.8) is 0 Å². The van der Waals surface area contributed by atoms with Crippen molar-refractivity contribution in [3.8, 4) is 11.5 Å². The Bertz CT molecular complexity index is 1020. The maximum atomic E-state index is 13.7. The zero-order valence-electron chi connectivity index (χ0n) is 20.7. The molecule has 3 amide bonds. The van der Waals surface area contributed by atoms with Crippen LogP contribution in [0.15, 0.2) is 35.7 Å². The third-order valence-corrected chi connectivity index (χ3v) is 7.95. The van der Waals surface area contributed by atoms with Gasteiger partial charge in [0, 0.05) is 30.6 Å². The average molecular weight is 514 g/mol. The molecule has 1 aromatic heterocycles. The van der Waals surface area contributed by atoms with Crippen molar-refractivity contribution in [2.24, 2.45) is 0 Å². The van der Waals surface area contributed by atoms with E-state index in [-0.39, 0.29) is 37.4 Å². The minimum atomic E-state index is -0.162. The maximum absolute atomic E-state index is 13.7. The molecule has 0 radical (unpaired) electrons. The molecule has 8 nitrogen and oxygen atoms in total. The number of urea groups is 1. The minimum absolute atomic E-state index is 0.0190. The van der Waals surface area contributed by atoms with Gasteiger partial charge in [-0.1, -0.05) is 31.4 Å². The molecule has 1 saturated carbocycles. The number of benzene rings is 1. The van der Waals surface area contributed by atoms with Crippen LogP contribution >= 0.6 is 11.3 Å². The highest BCUT2D eigenvalue weighted by Gasteiger charge is 2.28. The van der Waals surface area contributed by atoms with Gasteiger partial charge >= 0.3 is 6.03 Å². The number of amides is 3. The molecule has 5 rings (SSSR count). The van der Waals surface area contributed by atoms with Crippen LogP contribution in [0.4, 0.5) is 4.79 Å². The van der Waals surface area contributed by atoms with Crippen molar-refractivity contribution in [1.29, 1.82) is 0 Å². The fraction of sp³-hybridized carbons (Fsp3) is 0.556. The lowest BCUT2D eigenvalue weighted by Crippen LogP contribution is -2.51. The topological polar surface area (TPSA) is 80.3 Å². The van der Waals surface area contributed by atoms with E-state index >= 15 is 0 Å². The van der Waals surface area contributed by atoms with Gasteiger partial charge in [0.15, 0.2) is 11.5 Å². The summed E-state index contributed by atoms with van der Waals surface area (Å²) >= 11 is 1.62. The summed E-state index contributed by atoms with van der Waals surface area (Å²) in [6.45, 7) is 2.29. The molecular weight excluding hydrogens is 478 g/mol. The zero-order valence-corrected chi connectivity index (χ0v) is 21.5. The number of nitrogens with zero attached hydrogens (tertiary/aromatic N) is 2. The van der Waals surface area contributed by atoms with E-state index in [9.17, 15) is 9.59 Å². The third kappa shape index (κ3) is 6.50. The lowest BCUT2D eigenvalue weighted by atomic mass is 9.96. The lowest BCUT2D eigenvalue weighted by molar-refractivity contribution is -0.133. The number of thiophene rings is 1. The molecule has 194 valence electrons. The Kier molecular flexibility index (Phi) is 8.28. The van der Waals surface area contributed by atoms with Crippen LogP contribution in [0.2, 0.25) is 0 Å². The first-order chi connectivity index (χ1) is 17.6. The number of rotatable bonds is 9. The Morgan fingerprint density at radius 2 is 1.83 bits per heavy atom. The summed E-state index contributed by atoms with van der Waals surface area (Å²) in [5, 5.41) is 5.21. The van der Waals surface area contributed by atoms with E-state index in [0.29, 0.717) is 32.0 Å². The number of carbonyl (C=O) groups is 2. The first kappa shape index (κ1) is 24.9. The second-order valence-electron chi connectivity index (χ2n) is 9.82. The van der Waals surface area contributed by atoms with Gasteiger partial charge in [-0.05, 0) is 54.8 Å². The van der Waals surface area contributed by atoms with Gasteiger partial charge < -0.3 is 29.3 Å². The highest BCUT2D eigenvalue weighted by Crippen LogP contribution is 2.33. The quantitative estimate of drug-likeness (QED) is 0.533. The molecule has 1 N–H and O–H groups in total. The maximum Gasteiger partial charge on any atom is 0.318 e. The van der Waals surface area contributed by atoms with Crippen molar-refractivity contribution < 1.29 is 23.8 Å². The normalized spacial score (nSPS) is 19.3. The van der Waals surface area contributed by atoms with Crippen molar-refractivity contribution in [2.75, 3.05) is 26.5 Å². The summed E-state index contributed by atoms with van der Waals surface area (Å²) in [5.74, 6) is 1.33. The smallest absolute Gasteiger partial charge is 0.318 e. The van der Waals surface area contributed by atoms with E-state index in [0.717, 1.165) is 54.7 Å². The first-order valence-corrected chi connectivity index (χ1v) is 13.9. The van der Waals surface area contributed by atoms with Crippen molar-refractivity contribution in [1.82, 2.24) is 15.1 Å². The molecule has 3 heterocycles. The summed E-state index contributed by atoms with van der Waals surface area (Å²) in [6, 6.07) is 9.81. The van der Waals surface area contributed by atoms with Crippen LogP contribution in [0.25, 0.3) is 0 Å². The Morgan fingerprint density at radius 3 is 2.61 bits per heavy atom. The molecule has 3 aliphatic rings. The van der Waals surface area contributed by atoms with E-state index in [2.05, 4.69) is 5.32 Å². The largest absolute Gasteiger partial charge is 0.454 e. The lowest BCUT2D eigenvalue weighted by Gasteiger charge is -2.31. The van der Waals surface area contributed by atoms with Crippen LogP contribution < -0.4 is 14.8 Å². The Morgan fingerprint density at radius 1 is 0.972 bits per heavy atom. The highest BCUT2D eigenvalue weighted by atomic mass is 32.1. The predicted octanol–water partition coefficient (Wildman–Crippen LogP) is 4.53. The van der Waals surface area contributed by atoms with Gasteiger partial charge in [0.05, 0.1) is 12.6 Å². The van der Waals surface area contributed by atoms with Crippen LogP contribution in [-0.2, 0) is 22.6 Å². The molecule has 1 aromatic carbocycles. The number of nitrogens with one attached hydrogen (secondary N) is 1. The number of ether oxygens (including phenoxy) is 3. The molecule has 2 aromatic rings. The molecule has 1 aliphatic carbocycles. The summed E-state index contributed by atoms with van der Waals surface area (Å²) < 4.78 is 16.8. The second kappa shape index (κ2) is 12.0. The van der Waals surface area contributed by atoms with Gasteiger partial charge in [0.1, 0.15) is 6.54 Å². The molecule has 1 unspecified atom stereocenters. The van der Waals surface area contributed by atoms with Gasteiger partial charge in [-0.25, -0.2) is 4.79 Å². The van der Waals surface area contributed by atoms with Crippen molar-refractivity contribution in [2.45, 2.75) is 70.2 Å². The average Bonchev–Trinajstić information content (AvgIpc) is 3.67. The number of fused-ring (bicyclic) bond motifs is 1. The Labute approximate surface area is 216 Å². The van der Waals surface area contributed by atoms with E-state index in [1.54, 1.807) is 16.2 Å². The molecule has 2 fully saturated rings. The summed E-state index contributed by atoms with van der Waals surface area (Å²) in [4.78, 5) is 31.6. The van der Waals surface area contributed by atoms with E-state index in [4.69, 9.17) is 14.2 Å². The predicted molar refractivity (Wildman–Crippen MR) is 137 cm³/mol. The third-order valence-electron chi connectivity index (χ3n) is 7.08. The SMILES string of the molecule is O=C(CN(CC1CCCO1)C(=O)NC1CCCCC1)N(Cc1ccc2c(c1)OCO2)Cc1cccs1. The van der Waals surface area contributed by atoms with E-state index < -0.39 is 0 Å². The molecule has 9 heteroatoms. The zero-order chi connectivity index (χ0) is 24.7. The van der Waals surface area contributed by atoms with Crippen LogP contribution in [0, 0.1) is 0 Å². The van der Waals surface area contributed by atoms with Crippen LogP contribution in [0.5, 0.6) is 11.5 Å². The molecule has 1 saturated heterocycles. The van der Waals surface area contributed by atoms with Crippen LogP contribution in [0.3, 0.4) is 0 Å². The summed E-state index contributed by atoms with van der Waals surface area (Å²) in [7, 11) is 0. The van der Waals surface area contributed by atoms with Gasteiger partial charge in [-0.3, -0.25) is 4.79 Å². The molecule has 2 aliphatic heterocycles. The number of hydrogen-bond donors (Lipinski definition) is 1. The summed E-state index contributed by atoms with van der Waals surface area (Å²) in [5.41, 5.74) is 0.960. The molecule has 36 heavy (non-hydrogen) atoms. The van der Waals surface area contributed by atoms with Gasteiger partial charge in [0.2, 0.25) is 12.7 Å². The van der Waals surface area contributed by atoms with Crippen LogP contribution in [0.1, 0.15) is 55.4 Å². The number of carbonyl (C=O) groups excluding carboxylic acids is 2. The Balaban J connectivity index is 1.30. The fourth-order valence-electron chi connectivity index (χ4n) is 5.11. The van der Waals surface area contributed by atoms with Gasteiger partial charge in [-0.2, -0.15) is 0 Å². The monoisotopic (exact) mass is 513 g/mol. The summed E-state index contributed by atoms with van der Waals surface area (Å²) in [6.07, 6.45) is 7.39.